The Morgan fingerprint density at radius 2 is 1.92 bits per heavy atom. The molecule has 2 aromatic heterocycles. The minimum Gasteiger partial charge on any atom is -0.481 e. The zero-order valence-electron chi connectivity index (χ0n) is 20.7. The van der Waals surface area contributed by atoms with E-state index in [0.717, 1.165) is 11.0 Å². The number of aliphatic carboxylic acids is 1. The van der Waals surface area contributed by atoms with E-state index in [1.54, 1.807) is 18.2 Å². The number of anilines is 1. The third-order valence-corrected chi connectivity index (χ3v) is 6.49. The average molecular weight is 552 g/mol. The predicted molar refractivity (Wildman–Crippen MR) is 132 cm³/mol. The van der Waals surface area contributed by atoms with Crippen LogP contribution in [0.15, 0.2) is 54.9 Å². The molecular formula is C26H26F5N5O3. The van der Waals surface area contributed by atoms with Gasteiger partial charge in [0, 0.05) is 30.8 Å². The molecule has 1 atom stereocenters. The van der Waals surface area contributed by atoms with E-state index < -0.39 is 42.6 Å². The first kappa shape index (κ1) is 28.1. The number of amides is 1. The van der Waals surface area contributed by atoms with Crippen molar-refractivity contribution in [3.05, 3.63) is 60.4 Å². The second-order valence-electron chi connectivity index (χ2n) is 9.31. The maximum Gasteiger partial charge on any atom is 0.417 e. The van der Waals surface area contributed by atoms with Crippen LogP contribution < -0.4 is 4.90 Å². The van der Waals surface area contributed by atoms with E-state index in [1.807, 2.05) is 0 Å². The number of halogens is 5. The normalized spacial score (nSPS) is 16.5. The number of likely N-dealkylation sites (tertiary alicyclic amines) is 1. The number of hydrogen-bond acceptors (Lipinski definition) is 5. The van der Waals surface area contributed by atoms with Gasteiger partial charge in [0.1, 0.15) is 11.6 Å². The van der Waals surface area contributed by atoms with Crippen LogP contribution in [0.4, 0.5) is 27.8 Å². The molecule has 0 aliphatic carbocycles. The smallest absolute Gasteiger partial charge is 0.417 e. The van der Waals surface area contributed by atoms with Gasteiger partial charge in [0.05, 0.1) is 24.7 Å². The van der Waals surface area contributed by atoms with E-state index in [9.17, 15) is 36.6 Å². The number of carboxylic acid groups (broad SMARTS) is 1. The van der Waals surface area contributed by atoms with E-state index >= 15 is 0 Å². The van der Waals surface area contributed by atoms with Gasteiger partial charge in [0.25, 0.3) is 5.92 Å². The summed E-state index contributed by atoms with van der Waals surface area (Å²) in [5.74, 6) is -4.12. The Morgan fingerprint density at radius 1 is 1.18 bits per heavy atom. The largest absolute Gasteiger partial charge is 0.481 e. The van der Waals surface area contributed by atoms with Crippen LogP contribution in [0, 0.1) is 0 Å². The highest BCUT2D eigenvalue weighted by atomic mass is 19.4. The molecule has 1 saturated heterocycles. The molecule has 0 radical (unpaired) electrons. The summed E-state index contributed by atoms with van der Waals surface area (Å²) in [6, 6.07) is 8.61. The van der Waals surface area contributed by atoms with Crippen molar-refractivity contribution >= 4 is 18.2 Å². The lowest BCUT2D eigenvalue weighted by molar-refractivity contribution is -0.138. The molecule has 1 fully saturated rings. The SMILES string of the molecule is O=CN(c1cn(-c2ccccn2)c(-c2ccccc2C(F)(F)F)n1)[C@@H](CCN1CCCC(F)(F)C1)CC(=O)O. The standard InChI is InChI=1S/C26H26F5N5O3/c27-25(28)10-5-12-34(16-25)13-9-18(14-23(38)39)36(17-37)22-15-35(21-8-3-4-11-32-21)24(33-22)19-6-1-2-7-20(19)26(29,30)31/h1-4,6-8,11,15,17-18H,5,9-10,12-14,16H2,(H,38,39)/t18-/m0/s1. The molecule has 3 aromatic rings. The first-order valence-electron chi connectivity index (χ1n) is 12.2. The van der Waals surface area contributed by atoms with Gasteiger partial charge >= 0.3 is 12.1 Å². The number of nitrogens with zero attached hydrogens (tertiary/aromatic N) is 5. The minimum absolute atomic E-state index is 0.0338. The molecule has 1 amide bonds. The summed E-state index contributed by atoms with van der Waals surface area (Å²) in [6.45, 7) is 0.0340. The van der Waals surface area contributed by atoms with Gasteiger partial charge in [-0.15, -0.1) is 0 Å². The number of piperidine rings is 1. The van der Waals surface area contributed by atoms with Crippen LogP contribution in [-0.4, -0.2) is 68.5 Å². The first-order valence-corrected chi connectivity index (χ1v) is 12.2. The third kappa shape index (κ3) is 6.77. The summed E-state index contributed by atoms with van der Waals surface area (Å²) in [4.78, 5) is 35.0. The number of carboxylic acids is 1. The van der Waals surface area contributed by atoms with Gasteiger partial charge in [-0.1, -0.05) is 24.3 Å². The van der Waals surface area contributed by atoms with Crippen molar-refractivity contribution in [3.8, 4) is 17.2 Å². The number of imidazole rings is 1. The summed E-state index contributed by atoms with van der Waals surface area (Å²) in [5.41, 5.74) is -1.22. The van der Waals surface area contributed by atoms with Gasteiger partial charge in [0.2, 0.25) is 6.41 Å². The molecule has 0 spiro atoms. The van der Waals surface area contributed by atoms with Crippen molar-refractivity contribution in [1.82, 2.24) is 19.4 Å². The van der Waals surface area contributed by atoms with Gasteiger partial charge in [-0.3, -0.25) is 24.0 Å². The lowest BCUT2D eigenvalue weighted by Gasteiger charge is -2.34. The number of carbonyl (C=O) groups excluding carboxylic acids is 1. The van der Waals surface area contributed by atoms with Crippen molar-refractivity contribution in [3.63, 3.8) is 0 Å². The number of alkyl halides is 5. The Labute approximate surface area is 220 Å². The Kier molecular flexibility index (Phi) is 8.28. The summed E-state index contributed by atoms with van der Waals surface area (Å²) >= 11 is 0. The van der Waals surface area contributed by atoms with Crippen molar-refractivity contribution in [1.29, 1.82) is 0 Å². The van der Waals surface area contributed by atoms with E-state index in [0.29, 0.717) is 13.0 Å². The Morgan fingerprint density at radius 3 is 2.56 bits per heavy atom. The Bertz CT molecular complexity index is 1300. The molecule has 1 aromatic carbocycles. The fourth-order valence-electron chi connectivity index (χ4n) is 4.72. The molecule has 8 nitrogen and oxygen atoms in total. The maximum absolute atomic E-state index is 13.9. The molecule has 13 heteroatoms. The zero-order chi connectivity index (χ0) is 28.2. The van der Waals surface area contributed by atoms with Crippen molar-refractivity contribution < 1.29 is 36.6 Å². The first-order chi connectivity index (χ1) is 18.5. The van der Waals surface area contributed by atoms with Crippen molar-refractivity contribution in [2.24, 2.45) is 0 Å². The molecule has 1 N–H and O–H groups in total. The number of benzene rings is 1. The van der Waals surface area contributed by atoms with Gasteiger partial charge in [-0.25, -0.2) is 18.7 Å². The highest BCUT2D eigenvalue weighted by Crippen LogP contribution is 2.38. The van der Waals surface area contributed by atoms with E-state index in [-0.39, 0.29) is 48.8 Å². The molecule has 0 saturated carbocycles. The van der Waals surface area contributed by atoms with Crippen molar-refractivity contribution in [2.45, 2.75) is 43.8 Å². The molecule has 1 aliphatic heterocycles. The summed E-state index contributed by atoms with van der Waals surface area (Å²) < 4.78 is 70.6. The van der Waals surface area contributed by atoms with Crippen LogP contribution in [0.3, 0.4) is 0 Å². The summed E-state index contributed by atoms with van der Waals surface area (Å²) in [7, 11) is 0. The second-order valence-corrected chi connectivity index (χ2v) is 9.31. The van der Waals surface area contributed by atoms with Crippen LogP contribution in [0.2, 0.25) is 0 Å². The Hall–Kier alpha value is -3.87. The van der Waals surface area contributed by atoms with Gasteiger partial charge in [-0.05, 0) is 37.6 Å². The van der Waals surface area contributed by atoms with Crippen LogP contribution in [0.25, 0.3) is 17.2 Å². The topological polar surface area (TPSA) is 91.6 Å². The maximum atomic E-state index is 13.9. The average Bonchev–Trinajstić information content (AvgIpc) is 3.32. The molecular weight excluding hydrogens is 525 g/mol. The second kappa shape index (κ2) is 11.5. The third-order valence-electron chi connectivity index (χ3n) is 6.49. The predicted octanol–water partition coefficient (Wildman–Crippen LogP) is 4.88. The van der Waals surface area contributed by atoms with E-state index in [2.05, 4.69) is 9.97 Å². The molecule has 208 valence electrons. The van der Waals surface area contributed by atoms with Crippen LogP contribution in [0.5, 0.6) is 0 Å². The number of pyridine rings is 1. The van der Waals surface area contributed by atoms with Crippen LogP contribution in [0.1, 0.15) is 31.2 Å². The highest BCUT2D eigenvalue weighted by Gasteiger charge is 2.37. The number of aromatic nitrogens is 3. The Balaban J connectivity index is 1.74. The number of carbonyl (C=O) groups is 2. The zero-order valence-corrected chi connectivity index (χ0v) is 20.7. The molecule has 0 unspecified atom stereocenters. The lowest BCUT2D eigenvalue weighted by Crippen LogP contribution is -2.45. The van der Waals surface area contributed by atoms with E-state index in [1.165, 1.54) is 40.1 Å². The lowest BCUT2D eigenvalue weighted by atomic mass is 10.0. The molecule has 1 aliphatic rings. The van der Waals surface area contributed by atoms with Crippen LogP contribution in [-0.2, 0) is 15.8 Å². The van der Waals surface area contributed by atoms with Crippen LogP contribution >= 0.6 is 0 Å². The fraction of sp³-hybridized carbons (Fsp3) is 0.385. The van der Waals surface area contributed by atoms with Gasteiger partial charge in [0.15, 0.2) is 5.82 Å². The van der Waals surface area contributed by atoms with Crippen molar-refractivity contribution in [2.75, 3.05) is 24.5 Å². The molecule has 39 heavy (non-hydrogen) atoms. The monoisotopic (exact) mass is 551 g/mol. The molecule has 0 bridgehead atoms. The van der Waals surface area contributed by atoms with Gasteiger partial charge < -0.3 is 5.11 Å². The van der Waals surface area contributed by atoms with E-state index in [4.69, 9.17) is 0 Å². The summed E-state index contributed by atoms with van der Waals surface area (Å²) in [6.07, 6.45) is -2.04. The van der Waals surface area contributed by atoms with Gasteiger partial charge in [-0.2, -0.15) is 13.2 Å². The molecule has 3 heterocycles. The highest BCUT2D eigenvalue weighted by molar-refractivity contribution is 5.78. The number of rotatable bonds is 10. The fourth-order valence-corrected chi connectivity index (χ4v) is 4.72. The minimum atomic E-state index is -4.70. The summed E-state index contributed by atoms with van der Waals surface area (Å²) in [5, 5.41) is 9.50. The quantitative estimate of drug-likeness (QED) is 0.285. The number of hydrogen-bond donors (Lipinski definition) is 1. The molecule has 4 rings (SSSR count).